The van der Waals surface area contributed by atoms with Gasteiger partial charge < -0.3 is 5.11 Å². The van der Waals surface area contributed by atoms with Gasteiger partial charge in [-0.15, -0.1) is 0 Å². The summed E-state index contributed by atoms with van der Waals surface area (Å²) in [5.74, 6) is -0.0406. The van der Waals surface area contributed by atoms with E-state index in [0.29, 0.717) is 18.4 Å². The quantitative estimate of drug-likeness (QED) is 0.664. The molecule has 1 aliphatic carbocycles. The first-order valence-corrected chi connectivity index (χ1v) is 7.41. The van der Waals surface area contributed by atoms with E-state index in [9.17, 15) is 18.3 Å². The van der Waals surface area contributed by atoms with Crippen LogP contribution in [0.5, 0.6) is 5.75 Å². The van der Waals surface area contributed by atoms with Crippen LogP contribution in [0, 0.1) is 0 Å². The van der Waals surface area contributed by atoms with Crippen LogP contribution in [0.3, 0.4) is 0 Å². The molecule has 18 heavy (non-hydrogen) atoms. The molecule has 2 rings (SSSR count). The first kappa shape index (κ1) is 12.8. The summed E-state index contributed by atoms with van der Waals surface area (Å²) in [6, 6.07) is 4.06. The monoisotopic (exact) mass is 267 g/mol. The third kappa shape index (κ3) is 2.05. The van der Waals surface area contributed by atoms with Gasteiger partial charge in [-0.1, -0.05) is 0 Å². The summed E-state index contributed by atoms with van der Waals surface area (Å²) in [7, 11) is -3.35. The highest BCUT2D eigenvalue weighted by molar-refractivity contribution is 7.90. The zero-order chi connectivity index (χ0) is 13.4. The Morgan fingerprint density at radius 1 is 1.39 bits per heavy atom. The van der Waals surface area contributed by atoms with Crippen molar-refractivity contribution in [3.63, 3.8) is 0 Å². The molecule has 0 atom stereocenters. The van der Waals surface area contributed by atoms with Crippen LogP contribution in [0.25, 0.3) is 0 Å². The molecule has 0 spiro atoms. The van der Waals surface area contributed by atoms with Gasteiger partial charge in [0, 0.05) is 11.8 Å². The van der Waals surface area contributed by atoms with E-state index in [1.807, 2.05) is 0 Å². The number of sulfone groups is 1. The van der Waals surface area contributed by atoms with E-state index in [0.717, 1.165) is 12.7 Å². The molecule has 1 aromatic carbocycles. The largest absolute Gasteiger partial charge is 0.508 e. The average molecular weight is 267 g/mol. The molecule has 6 heteroatoms. The molecule has 0 aromatic heterocycles. The average Bonchev–Trinajstić information content (AvgIpc) is 2.23. The Hall–Kier alpha value is -1.65. The normalized spacial score (nSPS) is 17.6. The van der Waals surface area contributed by atoms with Crippen LogP contribution in [0.15, 0.2) is 28.1 Å². The fourth-order valence-electron chi connectivity index (χ4n) is 2.16. The number of carbonyl (C=O) groups excluding carboxylic acids is 1. The van der Waals surface area contributed by atoms with Crippen molar-refractivity contribution in [2.75, 3.05) is 6.26 Å². The van der Waals surface area contributed by atoms with Crippen molar-refractivity contribution in [3.8, 4) is 5.75 Å². The molecule has 0 heterocycles. The van der Waals surface area contributed by atoms with Crippen molar-refractivity contribution in [1.29, 1.82) is 0 Å². The number of aromatic hydroxyl groups is 1. The molecular weight excluding hydrogens is 254 g/mol. The Balaban J connectivity index is 2.60. The Morgan fingerprint density at radius 3 is 2.50 bits per heavy atom. The molecule has 0 aliphatic heterocycles. The highest BCUT2D eigenvalue weighted by atomic mass is 32.2. The van der Waals surface area contributed by atoms with Crippen LogP contribution in [0.2, 0.25) is 0 Å². The number of hydrogen-bond acceptors (Lipinski definition) is 5. The minimum atomic E-state index is -3.35. The molecule has 1 saturated carbocycles. The summed E-state index contributed by atoms with van der Waals surface area (Å²) in [5.41, 5.74) is -0.410. The van der Waals surface area contributed by atoms with Crippen molar-refractivity contribution in [1.82, 2.24) is 0 Å². The fourth-order valence-corrected chi connectivity index (χ4v) is 2.81. The molecule has 0 radical (unpaired) electrons. The topological polar surface area (TPSA) is 83.8 Å². The first-order chi connectivity index (χ1) is 8.39. The number of rotatable bonds is 3. The van der Waals surface area contributed by atoms with E-state index in [2.05, 4.69) is 4.99 Å². The third-order valence-corrected chi connectivity index (χ3v) is 4.45. The highest BCUT2D eigenvalue weighted by Gasteiger charge is 2.41. The summed E-state index contributed by atoms with van der Waals surface area (Å²) >= 11 is 0. The van der Waals surface area contributed by atoms with Crippen LogP contribution in [0.1, 0.15) is 24.8 Å². The number of hydrogen-bond donors (Lipinski definition) is 1. The smallest absolute Gasteiger partial charge is 0.235 e. The lowest BCUT2D eigenvalue weighted by Crippen LogP contribution is -2.32. The van der Waals surface area contributed by atoms with E-state index in [-0.39, 0.29) is 10.6 Å². The Labute approximate surface area is 105 Å². The molecular formula is C12H13NO4S. The maximum atomic E-state index is 11.5. The SMILES string of the molecule is CS(=O)(=O)c1ccc(O)c(C2(N=C=O)CCC2)c1. The zero-order valence-electron chi connectivity index (χ0n) is 9.88. The van der Waals surface area contributed by atoms with Gasteiger partial charge in [-0.25, -0.2) is 13.2 Å². The zero-order valence-corrected chi connectivity index (χ0v) is 10.7. The minimum absolute atomic E-state index is 0.0406. The van der Waals surface area contributed by atoms with Gasteiger partial charge in [-0.05, 0) is 37.5 Å². The lowest BCUT2D eigenvalue weighted by molar-refractivity contribution is 0.247. The Bertz CT molecular complexity index is 625. The van der Waals surface area contributed by atoms with E-state index in [1.54, 1.807) is 0 Å². The van der Waals surface area contributed by atoms with Gasteiger partial charge in [0.2, 0.25) is 6.08 Å². The van der Waals surface area contributed by atoms with Crippen molar-refractivity contribution in [3.05, 3.63) is 23.8 Å². The molecule has 0 unspecified atom stereocenters. The van der Waals surface area contributed by atoms with Crippen LogP contribution >= 0.6 is 0 Å². The molecule has 0 saturated heterocycles. The van der Waals surface area contributed by atoms with Crippen molar-refractivity contribution >= 4 is 15.9 Å². The van der Waals surface area contributed by atoms with Crippen molar-refractivity contribution in [2.45, 2.75) is 29.7 Å². The molecule has 0 amide bonds. The number of phenols is 1. The predicted octanol–water partition coefficient (Wildman–Crippen LogP) is 1.51. The second-order valence-corrected chi connectivity index (χ2v) is 6.56. The summed E-state index contributed by atoms with van der Waals surface area (Å²) in [4.78, 5) is 14.4. The first-order valence-electron chi connectivity index (χ1n) is 5.52. The number of phenolic OH excluding ortho intramolecular Hbond substituents is 1. The molecule has 1 N–H and O–H groups in total. The third-order valence-electron chi connectivity index (χ3n) is 3.34. The second-order valence-electron chi connectivity index (χ2n) is 4.54. The van der Waals surface area contributed by atoms with E-state index >= 15 is 0 Å². The molecule has 5 nitrogen and oxygen atoms in total. The van der Waals surface area contributed by atoms with Crippen molar-refractivity contribution in [2.24, 2.45) is 4.99 Å². The van der Waals surface area contributed by atoms with Gasteiger partial charge in [0.15, 0.2) is 9.84 Å². The number of aliphatic imine (C=N–C) groups is 1. The minimum Gasteiger partial charge on any atom is -0.508 e. The predicted molar refractivity (Wildman–Crippen MR) is 64.9 cm³/mol. The molecule has 1 aromatic rings. The summed E-state index contributed by atoms with van der Waals surface area (Å²) in [6.45, 7) is 0. The Morgan fingerprint density at radius 2 is 2.06 bits per heavy atom. The fraction of sp³-hybridized carbons (Fsp3) is 0.417. The Kier molecular flexibility index (Phi) is 3.00. The van der Waals surface area contributed by atoms with Crippen LogP contribution in [-0.2, 0) is 20.2 Å². The van der Waals surface area contributed by atoms with Crippen LogP contribution < -0.4 is 0 Å². The summed E-state index contributed by atoms with van der Waals surface area (Å²) in [6.07, 6.45) is 4.72. The van der Waals surface area contributed by atoms with E-state index in [1.165, 1.54) is 24.3 Å². The van der Waals surface area contributed by atoms with Gasteiger partial charge >= 0.3 is 0 Å². The molecule has 96 valence electrons. The number of benzene rings is 1. The van der Waals surface area contributed by atoms with Gasteiger partial charge in [-0.3, -0.25) is 0 Å². The van der Waals surface area contributed by atoms with Gasteiger partial charge in [-0.2, -0.15) is 4.99 Å². The van der Waals surface area contributed by atoms with Crippen LogP contribution in [0.4, 0.5) is 0 Å². The number of nitrogens with zero attached hydrogens (tertiary/aromatic N) is 1. The van der Waals surface area contributed by atoms with Gasteiger partial charge in [0.25, 0.3) is 0 Å². The maximum Gasteiger partial charge on any atom is 0.235 e. The lowest BCUT2D eigenvalue weighted by atomic mass is 9.72. The second kappa shape index (κ2) is 4.23. The molecule has 1 fully saturated rings. The standard InChI is InChI=1S/C12H13NO4S/c1-18(16,17)9-3-4-11(15)10(7-9)12(13-8-14)5-2-6-12/h3-4,7,15H,2,5-6H2,1H3. The lowest BCUT2D eigenvalue weighted by Gasteiger charge is -2.37. The number of isocyanates is 1. The molecule has 1 aliphatic rings. The van der Waals surface area contributed by atoms with Gasteiger partial charge in [0.05, 0.1) is 4.90 Å². The van der Waals surface area contributed by atoms with Crippen LogP contribution in [-0.4, -0.2) is 25.9 Å². The van der Waals surface area contributed by atoms with E-state index < -0.39 is 15.4 Å². The van der Waals surface area contributed by atoms with E-state index in [4.69, 9.17) is 0 Å². The van der Waals surface area contributed by atoms with Crippen molar-refractivity contribution < 1.29 is 18.3 Å². The summed E-state index contributed by atoms with van der Waals surface area (Å²) in [5, 5.41) is 9.84. The van der Waals surface area contributed by atoms with Gasteiger partial charge in [0.1, 0.15) is 11.3 Å². The molecule has 0 bridgehead atoms. The maximum absolute atomic E-state index is 11.5. The summed E-state index contributed by atoms with van der Waals surface area (Å²) < 4.78 is 23.0. The highest BCUT2D eigenvalue weighted by Crippen LogP contribution is 2.48.